The topological polar surface area (TPSA) is 48.1 Å². The van der Waals surface area contributed by atoms with Crippen molar-refractivity contribution in [2.24, 2.45) is 5.73 Å². The molecule has 2 rings (SSSR count). The van der Waals surface area contributed by atoms with E-state index in [-0.39, 0.29) is 0 Å². The van der Waals surface area contributed by atoms with Crippen molar-refractivity contribution in [1.82, 2.24) is 4.98 Å². The molecule has 0 amide bonds. The van der Waals surface area contributed by atoms with Crippen LogP contribution in [0.25, 0.3) is 0 Å². The summed E-state index contributed by atoms with van der Waals surface area (Å²) in [7, 11) is 0. The highest BCUT2D eigenvalue weighted by Gasteiger charge is 1.96. The predicted molar refractivity (Wildman–Crippen MR) is 76.5 cm³/mol. The number of ether oxygens (including phenoxy) is 1. The van der Waals surface area contributed by atoms with E-state index in [1.165, 1.54) is 5.56 Å². The average molecular weight is 256 g/mol. The van der Waals surface area contributed by atoms with Crippen molar-refractivity contribution in [3.63, 3.8) is 0 Å². The lowest BCUT2D eigenvalue weighted by Gasteiger charge is -2.05. The smallest absolute Gasteiger partial charge is 0.0887 e. The zero-order valence-corrected chi connectivity index (χ0v) is 11.1. The van der Waals surface area contributed by atoms with Gasteiger partial charge in [0, 0.05) is 19.3 Å². The molecule has 0 bridgehead atoms. The van der Waals surface area contributed by atoms with Crippen molar-refractivity contribution in [3.05, 3.63) is 65.5 Å². The maximum Gasteiger partial charge on any atom is 0.0887 e. The molecule has 1 aromatic carbocycles. The van der Waals surface area contributed by atoms with Crippen LogP contribution in [0, 0.1) is 0 Å². The van der Waals surface area contributed by atoms with E-state index >= 15 is 0 Å². The number of aryl methyl sites for hydroxylation is 1. The summed E-state index contributed by atoms with van der Waals surface area (Å²) in [5.41, 5.74) is 8.89. The predicted octanol–water partition coefficient (Wildman–Crippen LogP) is 2.69. The molecule has 19 heavy (non-hydrogen) atoms. The molecule has 0 aliphatic heterocycles. The minimum absolute atomic E-state index is 0.533. The summed E-state index contributed by atoms with van der Waals surface area (Å²) >= 11 is 0. The van der Waals surface area contributed by atoms with Gasteiger partial charge in [-0.25, -0.2) is 0 Å². The number of nitrogens with two attached hydrogens (primary N) is 1. The molecule has 0 unspecified atom stereocenters. The normalized spacial score (nSPS) is 10.6. The molecular weight excluding hydrogens is 236 g/mol. The number of benzene rings is 1. The van der Waals surface area contributed by atoms with Gasteiger partial charge in [-0.2, -0.15) is 0 Å². The molecule has 1 heterocycles. The first-order chi connectivity index (χ1) is 9.38. The highest BCUT2D eigenvalue weighted by atomic mass is 16.5. The second kappa shape index (κ2) is 7.67. The first kappa shape index (κ1) is 13.7. The van der Waals surface area contributed by atoms with Gasteiger partial charge in [-0.15, -0.1) is 0 Å². The van der Waals surface area contributed by atoms with Gasteiger partial charge in [-0.3, -0.25) is 4.98 Å². The van der Waals surface area contributed by atoms with Gasteiger partial charge in [0.25, 0.3) is 0 Å². The van der Waals surface area contributed by atoms with Crippen LogP contribution in [0.3, 0.4) is 0 Å². The first-order valence-electron chi connectivity index (χ1n) is 6.64. The Bertz CT molecular complexity index is 468. The summed E-state index contributed by atoms with van der Waals surface area (Å²) in [5.74, 6) is 0. The largest absolute Gasteiger partial charge is 0.375 e. The van der Waals surface area contributed by atoms with Gasteiger partial charge in [0.1, 0.15) is 0 Å². The van der Waals surface area contributed by atoms with Gasteiger partial charge in [-0.1, -0.05) is 36.4 Å². The summed E-state index contributed by atoms with van der Waals surface area (Å²) < 4.78 is 5.62. The van der Waals surface area contributed by atoms with E-state index in [0.29, 0.717) is 13.2 Å². The van der Waals surface area contributed by atoms with Crippen molar-refractivity contribution in [2.45, 2.75) is 26.0 Å². The molecule has 0 saturated heterocycles. The molecule has 0 saturated carbocycles. The molecular formula is C16H20N2O. The van der Waals surface area contributed by atoms with Gasteiger partial charge >= 0.3 is 0 Å². The third-order valence-electron chi connectivity index (χ3n) is 2.97. The van der Waals surface area contributed by atoms with Crippen LogP contribution in [0.2, 0.25) is 0 Å². The Balaban J connectivity index is 1.63. The second-order valence-electron chi connectivity index (χ2n) is 4.50. The third-order valence-corrected chi connectivity index (χ3v) is 2.97. The fraction of sp³-hybridized carbons (Fsp3) is 0.312. The molecule has 0 spiro atoms. The summed E-state index contributed by atoms with van der Waals surface area (Å²) in [5, 5.41) is 0. The van der Waals surface area contributed by atoms with Crippen molar-refractivity contribution >= 4 is 0 Å². The van der Waals surface area contributed by atoms with Crippen LogP contribution in [-0.2, 0) is 24.3 Å². The van der Waals surface area contributed by atoms with Gasteiger partial charge < -0.3 is 10.5 Å². The molecule has 0 atom stereocenters. The molecule has 0 aliphatic carbocycles. The van der Waals surface area contributed by atoms with Crippen LogP contribution < -0.4 is 5.73 Å². The highest BCUT2D eigenvalue weighted by molar-refractivity contribution is 5.14. The molecule has 3 heteroatoms. The van der Waals surface area contributed by atoms with E-state index in [0.717, 1.165) is 30.7 Å². The lowest BCUT2D eigenvalue weighted by molar-refractivity contribution is 0.116. The Labute approximate surface area is 114 Å². The monoisotopic (exact) mass is 256 g/mol. The Hall–Kier alpha value is -1.71. The SMILES string of the molecule is NCc1ccc(COCCCc2ccccc2)nc1. The molecule has 0 aliphatic rings. The highest BCUT2D eigenvalue weighted by Crippen LogP contribution is 2.04. The van der Waals surface area contributed by atoms with Crippen LogP contribution in [0.5, 0.6) is 0 Å². The molecule has 0 radical (unpaired) electrons. The molecule has 0 fully saturated rings. The summed E-state index contributed by atoms with van der Waals surface area (Å²) in [6, 6.07) is 14.4. The van der Waals surface area contributed by atoms with Gasteiger partial charge in [0.2, 0.25) is 0 Å². The minimum Gasteiger partial charge on any atom is -0.375 e. The van der Waals surface area contributed by atoms with E-state index in [1.54, 1.807) is 0 Å². The maximum absolute atomic E-state index is 5.62. The zero-order chi connectivity index (χ0) is 13.3. The summed E-state index contributed by atoms with van der Waals surface area (Å²) in [6.07, 6.45) is 3.90. The van der Waals surface area contributed by atoms with E-state index in [1.807, 2.05) is 24.4 Å². The quantitative estimate of drug-likeness (QED) is 0.775. The Morgan fingerprint density at radius 1 is 1.00 bits per heavy atom. The number of rotatable bonds is 7. The Kier molecular flexibility index (Phi) is 5.53. The van der Waals surface area contributed by atoms with Crippen molar-refractivity contribution in [1.29, 1.82) is 0 Å². The van der Waals surface area contributed by atoms with E-state index in [9.17, 15) is 0 Å². The number of hydrogen-bond donors (Lipinski definition) is 1. The number of pyridine rings is 1. The number of hydrogen-bond acceptors (Lipinski definition) is 3. The van der Waals surface area contributed by atoms with Crippen molar-refractivity contribution in [2.75, 3.05) is 6.61 Å². The average Bonchev–Trinajstić information content (AvgIpc) is 2.49. The van der Waals surface area contributed by atoms with Crippen LogP contribution in [-0.4, -0.2) is 11.6 Å². The summed E-state index contributed by atoms with van der Waals surface area (Å²) in [6.45, 7) is 1.86. The lowest BCUT2D eigenvalue weighted by atomic mass is 10.1. The van der Waals surface area contributed by atoms with Gasteiger partial charge in [-0.05, 0) is 30.0 Å². The number of aromatic nitrogens is 1. The van der Waals surface area contributed by atoms with Crippen LogP contribution in [0.4, 0.5) is 0 Å². The molecule has 1 aromatic heterocycles. The zero-order valence-electron chi connectivity index (χ0n) is 11.1. The van der Waals surface area contributed by atoms with Crippen LogP contribution in [0.15, 0.2) is 48.7 Å². The van der Waals surface area contributed by atoms with Crippen molar-refractivity contribution in [3.8, 4) is 0 Å². The van der Waals surface area contributed by atoms with Gasteiger partial charge in [0.15, 0.2) is 0 Å². The summed E-state index contributed by atoms with van der Waals surface area (Å²) in [4.78, 5) is 4.30. The van der Waals surface area contributed by atoms with E-state index < -0.39 is 0 Å². The fourth-order valence-electron chi connectivity index (χ4n) is 1.86. The minimum atomic E-state index is 0.533. The first-order valence-corrected chi connectivity index (χ1v) is 6.64. The van der Waals surface area contributed by atoms with Gasteiger partial charge in [0.05, 0.1) is 12.3 Å². The number of nitrogens with zero attached hydrogens (tertiary/aromatic N) is 1. The third kappa shape index (κ3) is 4.81. The fourth-order valence-corrected chi connectivity index (χ4v) is 1.86. The van der Waals surface area contributed by atoms with E-state index in [2.05, 4.69) is 29.2 Å². The lowest BCUT2D eigenvalue weighted by Crippen LogP contribution is -2.01. The maximum atomic E-state index is 5.62. The van der Waals surface area contributed by atoms with Crippen molar-refractivity contribution < 1.29 is 4.74 Å². The van der Waals surface area contributed by atoms with E-state index in [4.69, 9.17) is 10.5 Å². The standard InChI is InChI=1S/C16H20N2O/c17-11-15-8-9-16(18-12-15)13-19-10-4-7-14-5-2-1-3-6-14/h1-3,5-6,8-9,12H,4,7,10-11,13,17H2. The Morgan fingerprint density at radius 3 is 2.53 bits per heavy atom. The molecule has 2 aromatic rings. The molecule has 2 N–H and O–H groups in total. The molecule has 100 valence electrons. The van der Waals surface area contributed by atoms with Crippen LogP contribution in [0.1, 0.15) is 23.2 Å². The Morgan fingerprint density at radius 2 is 1.84 bits per heavy atom. The molecule has 3 nitrogen and oxygen atoms in total. The van der Waals surface area contributed by atoms with Crippen LogP contribution >= 0.6 is 0 Å². The second-order valence-corrected chi connectivity index (χ2v) is 4.50.